The number of rotatable bonds is 5. The maximum absolute atomic E-state index is 9.77. The van der Waals surface area contributed by atoms with Crippen molar-refractivity contribution >= 4 is 0 Å². The Morgan fingerprint density at radius 3 is 2.47 bits per heavy atom. The van der Waals surface area contributed by atoms with Crippen LogP contribution in [0.15, 0.2) is 48.1 Å². The van der Waals surface area contributed by atoms with Gasteiger partial charge in [0, 0.05) is 18.0 Å². The van der Waals surface area contributed by atoms with Crippen LogP contribution in [0.3, 0.4) is 0 Å². The van der Waals surface area contributed by atoms with Gasteiger partial charge in [0.2, 0.25) is 17.5 Å². The third kappa shape index (κ3) is 2.95. The summed E-state index contributed by atoms with van der Waals surface area (Å²) in [6, 6.07) is 9.43. The summed E-state index contributed by atoms with van der Waals surface area (Å²) in [4.78, 5) is 4.19. The molecule has 4 rings (SSSR count). The average Bonchev–Trinajstić information content (AvgIpc) is 3.20. The zero-order chi connectivity index (χ0) is 21.3. The molecular weight excluding hydrogens is 386 g/mol. The molecular formula is C21H19N5O4. The van der Waals surface area contributed by atoms with Crippen molar-refractivity contribution < 1.29 is 18.9 Å². The molecule has 0 fully saturated rings. The van der Waals surface area contributed by atoms with E-state index in [9.17, 15) is 5.26 Å². The summed E-state index contributed by atoms with van der Waals surface area (Å²) in [6.45, 7) is 0. The molecule has 9 nitrogen and oxygen atoms in total. The molecule has 0 bridgehead atoms. The summed E-state index contributed by atoms with van der Waals surface area (Å²) >= 11 is 0. The van der Waals surface area contributed by atoms with Gasteiger partial charge in [0.1, 0.15) is 11.6 Å². The van der Waals surface area contributed by atoms with Crippen LogP contribution in [0.25, 0.3) is 11.3 Å². The lowest BCUT2D eigenvalue weighted by Crippen LogP contribution is -2.21. The van der Waals surface area contributed by atoms with Crippen LogP contribution in [-0.4, -0.2) is 36.5 Å². The van der Waals surface area contributed by atoms with Crippen molar-refractivity contribution in [2.75, 3.05) is 21.3 Å². The molecule has 1 aromatic carbocycles. The van der Waals surface area contributed by atoms with Gasteiger partial charge in [-0.1, -0.05) is 6.07 Å². The first-order valence-corrected chi connectivity index (χ1v) is 8.99. The average molecular weight is 405 g/mol. The first kappa shape index (κ1) is 19.1. The molecule has 0 saturated heterocycles. The monoisotopic (exact) mass is 405 g/mol. The predicted molar refractivity (Wildman–Crippen MR) is 107 cm³/mol. The Labute approximate surface area is 172 Å². The lowest BCUT2D eigenvalue weighted by Gasteiger charge is -2.24. The smallest absolute Gasteiger partial charge is 0.244 e. The van der Waals surface area contributed by atoms with Crippen LogP contribution >= 0.6 is 0 Å². The number of benzene rings is 1. The Bertz CT molecular complexity index is 1140. The number of aromatic nitrogens is 3. The number of fused-ring (bicyclic) bond motifs is 1. The van der Waals surface area contributed by atoms with Gasteiger partial charge in [0.05, 0.1) is 38.5 Å². The maximum Gasteiger partial charge on any atom is 0.244 e. The molecule has 0 aliphatic carbocycles. The second-order valence-electron chi connectivity index (χ2n) is 6.44. The molecule has 0 unspecified atom stereocenters. The largest absolute Gasteiger partial charge is 0.493 e. The zero-order valence-electron chi connectivity index (χ0n) is 16.6. The number of aromatic amines is 1. The fraction of sp³-hybridized carbons (Fsp3) is 0.190. The normalized spacial score (nSPS) is 15.1. The standard InChI is InChI=1S/C21H19N5O4/c1-27-14-7-12(8-15(28-2)19(14)29-3)18-17-16(11-5-4-6-24-10-11)13(9-22)20(23)30-21(17)26-25-18/h4-8,10,16H,23H2,1-3H3,(H,25,26)/t16-/m1/s1. The Hall–Kier alpha value is -4.19. The number of hydrogen-bond acceptors (Lipinski definition) is 8. The van der Waals surface area contributed by atoms with E-state index in [0.29, 0.717) is 39.9 Å². The fourth-order valence-electron chi connectivity index (χ4n) is 3.57. The molecule has 1 aliphatic rings. The number of ether oxygens (including phenoxy) is 4. The van der Waals surface area contributed by atoms with Crippen LogP contribution in [0, 0.1) is 11.3 Å². The molecule has 0 saturated carbocycles. The highest BCUT2D eigenvalue weighted by Crippen LogP contribution is 2.48. The number of methoxy groups -OCH3 is 3. The van der Waals surface area contributed by atoms with Gasteiger partial charge < -0.3 is 24.7 Å². The molecule has 0 amide bonds. The third-order valence-electron chi connectivity index (χ3n) is 4.91. The molecule has 1 atom stereocenters. The Kier molecular flexibility index (Phi) is 4.90. The van der Waals surface area contributed by atoms with Crippen LogP contribution in [0.4, 0.5) is 0 Å². The van der Waals surface area contributed by atoms with Gasteiger partial charge in [-0.15, -0.1) is 5.10 Å². The fourth-order valence-corrected chi connectivity index (χ4v) is 3.57. The van der Waals surface area contributed by atoms with Gasteiger partial charge in [-0.2, -0.15) is 5.26 Å². The Morgan fingerprint density at radius 2 is 1.90 bits per heavy atom. The number of hydrogen-bond donors (Lipinski definition) is 2. The number of pyridine rings is 1. The Morgan fingerprint density at radius 1 is 1.17 bits per heavy atom. The van der Waals surface area contributed by atoms with E-state index in [1.807, 2.05) is 6.07 Å². The summed E-state index contributed by atoms with van der Waals surface area (Å²) < 4.78 is 22.0. The molecule has 0 spiro atoms. The highest BCUT2D eigenvalue weighted by Gasteiger charge is 2.36. The highest BCUT2D eigenvalue weighted by atomic mass is 16.5. The van der Waals surface area contributed by atoms with Crippen LogP contribution in [0.2, 0.25) is 0 Å². The van der Waals surface area contributed by atoms with Crippen molar-refractivity contribution in [3.8, 4) is 40.5 Å². The number of nitrogens with two attached hydrogens (primary N) is 1. The third-order valence-corrected chi connectivity index (χ3v) is 4.91. The molecule has 3 heterocycles. The number of nitrogens with one attached hydrogen (secondary N) is 1. The molecule has 9 heteroatoms. The van der Waals surface area contributed by atoms with Crippen molar-refractivity contribution in [1.82, 2.24) is 15.2 Å². The van der Waals surface area contributed by atoms with E-state index in [2.05, 4.69) is 21.3 Å². The van der Waals surface area contributed by atoms with E-state index in [4.69, 9.17) is 24.7 Å². The van der Waals surface area contributed by atoms with Gasteiger partial charge >= 0.3 is 0 Å². The quantitative estimate of drug-likeness (QED) is 0.663. The van der Waals surface area contributed by atoms with Gasteiger partial charge in [-0.25, -0.2) is 0 Å². The topological polar surface area (TPSA) is 128 Å². The molecule has 2 aromatic heterocycles. The minimum atomic E-state index is -0.500. The minimum absolute atomic E-state index is 0.0156. The Balaban J connectivity index is 1.95. The molecule has 152 valence electrons. The molecule has 3 N–H and O–H groups in total. The molecule has 0 radical (unpaired) electrons. The summed E-state index contributed by atoms with van der Waals surface area (Å²) in [7, 11) is 4.63. The summed E-state index contributed by atoms with van der Waals surface area (Å²) in [5.41, 5.74) is 9.11. The van der Waals surface area contributed by atoms with Crippen LogP contribution < -0.4 is 24.7 Å². The van der Waals surface area contributed by atoms with E-state index in [1.54, 1.807) is 44.8 Å². The maximum atomic E-state index is 9.77. The van der Waals surface area contributed by atoms with Crippen LogP contribution in [-0.2, 0) is 0 Å². The van der Waals surface area contributed by atoms with Gasteiger partial charge in [0.25, 0.3) is 0 Å². The predicted octanol–water partition coefficient (Wildman–Crippen LogP) is 2.72. The van der Waals surface area contributed by atoms with Crippen LogP contribution in [0.1, 0.15) is 17.0 Å². The van der Waals surface area contributed by atoms with Crippen molar-refractivity contribution in [3.63, 3.8) is 0 Å². The molecule has 30 heavy (non-hydrogen) atoms. The first-order chi connectivity index (χ1) is 14.6. The SMILES string of the molecule is COc1cc(-c2[nH]nc3c2[C@H](c2cccnc2)C(C#N)=C(N)O3)cc(OC)c1OC. The second kappa shape index (κ2) is 7.67. The van der Waals surface area contributed by atoms with E-state index in [0.717, 1.165) is 5.56 Å². The number of H-pyrrole nitrogens is 1. The van der Waals surface area contributed by atoms with Gasteiger partial charge in [-0.3, -0.25) is 10.1 Å². The van der Waals surface area contributed by atoms with Crippen LogP contribution in [0.5, 0.6) is 23.1 Å². The van der Waals surface area contributed by atoms with Crippen molar-refractivity contribution in [3.05, 3.63) is 59.2 Å². The van der Waals surface area contributed by atoms with E-state index in [-0.39, 0.29) is 11.5 Å². The zero-order valence-corrected chi connectivity index (χ0v) is 16.6. The van der Waals surface area contributed by atoms with E-state index in [1.165, 1.54) is 7.11 Å². The molecule has 1 aliphatic heterocycles. The second-order valence-corrected chi connectivity index (χ2v) is 6.44. The summed E-state index contributed by atoms with van der Waals surface area (Å²) in [5, 5.41) is 17.1. The highest BCUT2D eigenvalue weighted by molar-refractivity contribution is 5.75. The van der Waals surface area contributed by atoms with E-state index < -0.39 is 5.92 Å². The number of nitriles is 1. The number of allylic oxidation sites excluding steroid dienone is 1. The number of nitrogens with zero attached hydrogens (tertiary/aromatic N) is 3. The first-order valence-electron chi connectivity index (χ1n) is 8.99. The minimum Gasteiger partial charge on any atom is -0.493 e. The molecule has 3 aromatic rings. The summed E-state index contributed by atoms with van der Waals surface area (Å²) in [5.74, 6) is 1.26. The lowest BCUT2D eigenvalue weighted by atomic mass is 9.83. The van der Waals surface area contributed by atoms with Gasteiger partial charge in [-0.05, 0) is 23.8 Å². The van der Waals surface area contributed by atoms with Crippen molar-refractivity contribution in [2.45, 2.75) is 5.92 Å². The lowest BCUT2D eigenvalue weighted by molar-refractivity contribution is 0.324. The van der Waals surface area contributed by atoms with Gasteiger partial charge in [0.15, 0.2) is 11.5 Å². The van der Waals surface area contributed by atoms with Crippen molar-refractivity contribution in [1.29, 1.82) is 5.26 Å². The van der Waals surface area contributed by atoms with Crippen molar-refractivity contribution in [2.24, 2.45) is 5.73 Å². The summed E-state index contributed by atoms with van der Waals surface area (Å²) in [6.07, 6.45) is 3.36. The van der Waals surface area contributed by atoms with E-state index >= 15 is 0 Å².